The summed E-state index contributed by atoms with van der Waals surface area (Å²) in [7, 11) is 1.38. The molecule has 1 rings (SSSR count). The van der Waals surface area contributed by atoms with Crippen LogP contribution in [-0.4, -0.2) is 30.6 Å². The molecule has 0 aliphatic carbocycles. The standard InChI is InChI=1S/C11H14Br2N2O2/c1-7(2)15(6-10(16)17-3)11-9(13)4-8(12)5-14-11/h4-5,7H,6H2,1-3H3. The van der Waals surface area contributed by atoms with Gasteiger partial charge in [0.25, 0.3) is 0 Å². The summed E-state index contributed by atoms with van der Waals surface area (Å²) in [6.07, 6.45) is 1.70. The Morgan fingerprint density at radius 2 is 2.18 bits per heavy atom. The molecule has 0 saturated carbocycles. The molecule has 1 heterocycles. The Balaban J connectivity index is 3.01. The topological polar surface area (TPSA) is 42.4 Å². The van der Waals surface area contributed by atoms with Crippen molar-refractivity contribution in [3.05, 3.63) is 21.2 Å². The van der Waals surface area contributed by atoms with E-state index >= 15 is 0 Å². The van der Waals surface area contributed by atoms with Gasteiger partial charge < -0.3 is 9.64 Å². The minimum atomic E-state index is -0.282. The molecule has 0 aromatic carbocycles. The maximum Gasteiger partial charge on any atom is 0.325 e. The van der Waals surface area contributed by atoms with Gasteiger partial charge in [0.2, 0.25) is 0 Å². The number of carbonyl (C=O) groups is 1. The summed E-state index contributed by atoms with van der Waals surface area (Å²) in [5.41, 5.74) is 0. The fourth-order valence-electron chi connectivity index (χ4n) is 1.32. The van der Waals surface area contributed by atoms with Crippen LogP contribution in [0, 0.1) is 0 Å². The second kappa shape index (κ2) is 6.35. The predicted molar refractivity (Wildman–Crippen MR) is 74.1 cm³/mol. The Labute approximate surface area is 118 Å². The van der Waals surface area contributed by atoms with E-state index in [9.17, 15) is 4.79 Å². The number of hydrogen-bond donors (Lipinski definition) is 0. The summed E-state index contributed by atoms with van der Waals surface area (Å²) in [5, 5.41) is 0. The summed E-state index contributed by atoms with van der Waals surface area (Å²) in [4.78, 5) is 17.6. The van der Waals surface area contributed by atoms with Crippen molar-refractivity contribution >= 4 is 43.6 Å². The lowest BCUT2D eigenvalue weighted by Gasteiger charge is -2.27. The van der Waals surface area contributed by atoms with Crippen molar-refractivity contribution in [2.24, 2.45) is 0 Å². The first kappa shape index (κ1) is 14.4. The van der Waals surface area contributed by atoms with Crippen LogP contribution in [-0.2, 0) is 9.53 Å². The van der Waals surface area contributed by atoms with Gasteiger partial charge in [-0.15, -0.1) is 0 Å². The van der Waals surface area contributed by atoms with E-state index in [1.54, 1.807) is 6.20 Å². The fourth-order valence-corrected chi connectivity index (χ4v) is 2.54. The number of rotatable bonds is 4. The summed E-state index contributed by atoms with van der Waals surface area (Å²) in [6.45, 7) is 4.18. The number of nitrogens with zero attached hydrogens (tertiary/aromatic N) is 2. The highest BCUT2D eigenvalue weighted by Gasteiger charge is 2.18. The quantitative estimate of drug-likeness (QED) is 0.769. The van der Waals surface area contributed by atoms with Gasteiger partial charge in [-0.3, -0.25) is 4.79 Å². The SMILES string of the molecule is COC(=O)CN(c1ncc(Br)cc1Br)C(C)C. The van der Waals surface area contributed by atoms with Crippen molar-refractivity contribution in [2.75, 3.05) is 18.6 Å². The zero-order valence-corrected chi connectivity index (χ0v) is 13.1. The third-order valence-corrected chi connectivity index (χ3v) is 3.23. The number of carbonyl (C=O) groups excluding carboxylic acids is 1. The summed E-state index contributed by atoms with van der Waals surface area (Å²) in [5.74, 6) is 0.448. The second-order valence-corrected chi connectivity index (χ2v) is 5.53. The van der Waals surface area contributed by atoms with Gasteiger partial charge >= 0.3 is 5.97 Å². The highest BCUT2D eigenvalue weighted by atomic mass is 79.9. The Morgan fingerprint density at radius 3 is 2.65 bits per heavy atom. The lowest BCUT2D eigenvalue weighted by molar-refractivity contribution is -0.139. The van der Waals surface area contributed by atoms with Crippen molar-refractivity contribution < 1.29 is 9.53 Å². The Bertz CT molecular complexity index is 410. The molecule has 0 radical (unpaired) electrons. The maximum absolute atomic E-state index is 11.4. The van der Waals surface area contributed by atoms with E-state index < -0.39 is 0 Å². The monoisotopic (exact) mass is 364 g/mol. The van der Waals surface area contributed by atoms with Crippen LogP contribution in [0.25, 0.3) is 0 Å². The number of anilines is 1. The summed E-state index contributed by atoms with van der Waals surface area (Å²) >= 11 is 6.79. The van der Waals surface area contributed by atoms with Crippen molar-refractivity contribution in [1.29, 1.82) is 0 Å². The predicted octanol–water partition coefficient (Wildman–Crippen LogP) is 2.99. The van der Waals surface area contributed by atoms with Gasteiger partial charge in [-0.05, 0) is 51.8 Å². The van der Waals surface area contributed by atoms with E-state index in [0.717, 1.165) is 14.8 Å². The van der Waals surface area contributed by atoms with Crippen LogP contribution in [0.2, 0.25) is 0 Å². The van der Waals surface area contributed by atoms with Crippen molar-refractivity contribution in [3.63, 3.8) is 0 Å². The van der Waals surface area contributed by atoms with Crippen LogP contribution in [0.5, 0.6) is 0 Å². The van der Waals surface area contributed by atoms with Crippen molar-refractivity contribution in [1.82, 2.24) is 4.98 Å². The summed E-state index contributed by atoms with van der Waals surface area (Å²) < 4.78 is 6.40. The third-order valence-electron chi connectivity index (χ3n) is 2.21. The van der Waals surface area contributed by atoms with E-state index in [0.29, 0.717) is 0 Å². The van der Waals surface area contributed by atoms with E-state index in [1.807, 2.05) is 24.8 Å². The molecule has 0 aliphatic rings. The average Bonchev–Trinajstić information content (AvgIpc) is 2.26. The van der Waals surface area contributed by atoms with Crippen LogP contribution < -0.4 is 4.90 Å². The molecule has 0 atom stereocenters. The highest BCUT2D eigenvalue weighted by Crippen LogP contribution is 2.27. The molecule has 0 bridgehead atoms. The molecular formula is C11H14Br2N2O2. The zero-order valence-electron chi connectivity index (χ0n) is 9.91. The molecule has 4 nitrogen and oxygen atoms in total. The zero-order chi connectivity index (χ0) is 13.0. The van der Waals surface area contributed by atoms with Crippen LogP contribution >= 0.6 is 31.9 Å². The molecule has 0 fully saturated rings. The Kier molecular flexibility index (Phi) is 5.39. The Hall–Kier alpha value is -0.620. The lowest BCUT2D eigenvalue weighted by Crippen LogP contribution is -2.37. The molecule has 94 valence electrons. The molecule has 6 heteroatoms. The minimum absolute atomic E-state index is 0.152. The van der Waals surface area contributed by atoms with Crippen LogP contribution in [0.1, 0.15) is 13.8 Å². The van der Waals surface area contributed by atoms with Gasteiger partial charge in [0.15, 0.2) is 0 Å². The second-order valence-electron chi connectivity index (χ2n) is 3.76. The number of hydrogen-bond acceptors (Lipinski definition) is 4. The molecule has 0 N–H and O–H groups in total. The maximum atomic E-state index is 11.4. The molecule has 17 heavy (non-hydrogen) atoms. The van der Waals surface area contributed by atoms with Gasteiger partial charge in [-0.2, -0.15) is 0 Å². The Morgan fingerprint density at radius 1 is 1.53 bits per heavy atom. The third kappa shape index (κ3) is 3.96. The van der Waals surface area contributed by atoms with Gasteiger partial charge in [-0.25, -0.2) is 4.98 Å². The van der Waals surface area contributed by atoms with E-state index in [-0.39, 0.29) is 18.6 Å². The lowest BCUT2D eigenvalue weighted by atomic mass is 10.3. The van der Waals surface area contributed by atoms with Gasteiger partial charge in [0.1, 0.15) is 12.4 Å². The molecule has 0 saturated heterocycles. The number of aromatic nitrogens is 1. The van der Waals surface area contributed by atoms with Crippen LogP contribution in [0.3, 0.4) is 0 Å². The molecule has 1 aromatic heterocycles. The number of pyridine rings is 1. The molecule has 0 aliphatic heterocycles. The molecule has 0 amide bonds. The van der Waals surface area contributed by atoms with E-state index in [2.05, 4.69) is 41.6 Å². The first-order valence-electron chi connectivity index (χ1n) is 5.10. The fraction of sp³-hybridized carbons (Fsp3) is 0.455. The largest absolute Gasteiger partial charge is 0.468 e. The summed E-state index contributed by atoms with van der Waals surface area (Å²) in [6, 6.07) is 2.05. The van der Waals surface area contributed by atoms with E-state index in [4.69, 9.17) is 0 Å². The van der Waals surface area contributed by atoms with Crippen LogP contribution in [0.15, 0.2) is 21.2 Å². The van der Waals surface area contributed by atoms with Gasteiger partial charge in [0, 0.05) is 16.7 Å². The average molecular weight is 366 g/mol. The van der Waals surface area contributed by atoms with E-state index in [1.165, 1.54) is 7.11 Å². The van der Waals surface area contributed by atoms with Crippen molar-refractivity contribution in [2.45, 2.75) is 19.9 Å². The normalized spacial score (nSPS) is 10.5. The molecular weight excluding hydrogens is 352 g/mol. The van der Waals surface area contributed by atoms with Crippen LogP contribution in [0.4, 0.5) is 5.82 Å². The van der Waals surface area contributed by atoms with Gasteiger partial charge in [-0.1, -0.05) is 0 Å². The minimum Gasteiger partial charge on any atom is -0.468 e. The molecule has 0 unspecified atom stereocenters. The first-order valence-corrected chi connectivity index (χ1v) is 6.68. The first-order chi connectivity index (χ1) is 7.95. The molecule has 0 spiro atoms. The van der Waals surface area contributed by atoms with Gasteiger partial charge in [0.05, 0.1) is 11.6 Å². The number of methoxy groups -OCH3 is 1. The number of ether oxygens (including phenoxy) is 1. The smallest absolute Gasteiger partial charge is 0.325 e. The number of halogens is 2. The highest BCUT2D eigenvalue weighted by molar-refractivity contribution is 9.11. The number of esters is 1. The van der Waals surface area contributed by atoms with Crippen molar-refractivity contribution in [3.8, 4) is 0 Å². The molecule has 1 aromatic rings.